The molecule has 96 valence electrons. The Kier molecular flexibility index (Phi) is 4.26. The Morgan fingerprint density at radius 2 is 1.47 bits per heavy atom. The molecule has 0 aromatic carbocycles. The van der Waals surface area contributed by atoms with Gasteiger partial charge in [-0.2, -0.15) is 0 Å². The molecule has 17 heavy (non-hydrogen) atoms. The summed E-state index contributed by atoms with van der Waals surface area (Å²) < 4.78 is 0. The largest absolute Gasteiger partial charge is 0.336 e. The van der Waals surface area contributed by atoms with Gasteiger partial charge in [0.2, 0.25) is 0 Å². The first-order valence-corrected chi connectivity index (χ1v) is 5.92. The number of hydroxylamine groups is 2. The van der Waals surface area contributed by atoms with Crippen LogP contribution in [0.5, 0.6) is 0 Å². The predicted octanol–water partition coefficient (Wildman–Crippen LogP) is 1.52. The molecule has 0 aliphatic carbocycles. The fraction of sp³-hybridized carbons (Fsp3) is 0.750. The molecule has 0 saturated carbocycles. The van der Waals surface area contributed by atoms with Crippen molar-refractivity contribution in [1.82, 2.24) is 5.06 Å². The minimum absolute atomic E-state index is 0.107. The zero-order chi connectivity index (χ0) is 13.2. The molecule has 1 saturated heterocycles. The predicted molar refractivity (Wildman–Crippen MR) is 60.3 cm³/mol. The summed E-state index contributed by atoms with van der Waals surface area (Å²) in [6.07, 6.45) is 0.250. The van der Waals surface area contributed by atoms with Crippen molar-refractivity contribution >= 4 is 17.8 Å². The van der Waals surface area contributed by atoms with Crippen LogP contribution in [0.3, 0.4) is 0 Å². The summed E-state index contributed by atoms with van der Waals surface area (Å²) in [4.78, 5) is 39.4. The molecule has 1 heterocycles. The van der Waals surface area contributed by atoms with Crippen molar-refractivity contribution in [2.75, 3.05) is 0 Å². The molecular formula is C12H19NO4. The molecule has 5 heteroatoms. The van der Waals surface area contributed by atoms with Gasteiger partial charge in [-0.15, -0.1) is 5.06 Å². The molecule has 1 aliphatic heterocycles. The van der Waals surface area contributed by atoms with E-state index in [9.17, 15) is 14.4 Å². The van der Waals surface area contributed by atoms with Gasteiger partial charge in [-0.25, -0.2) is 4.79 Å². The topological polar surface area (TPSA) is 63.7 Å². The maximum Gasteiger partial charge on any atom is 0.336 e. The van der Waals surface area contributed by atoms with E-state index in [1.807, 2.05) is 27.7 Å². The van der Waals surface area contributed by atoms with Gasteiger partial charge in [0.15, 0.2) is 0 Å². The Morgan fingerprint density at radius 3 is 1.82 bits per heavy atom. The van der Waals surface area contributed by atoms with E-state index in [2.05, 4.69) is 0 Å². The summed E-state index contributed by atoms with van der Waals surface area (Å²) in [6.45, 7) is 7.66. The van der Waals surface area contributed by atoms with E-state index >= 15 is 0 Å². The van der Waals surface area contributed by atoms with Crippen LogP contribution in [0.15, 0.2) is 0 Å². The quantitative estimate of drug-likeness (QED) is 0.700. The molecule has 0 N–H and O–H groups in total. The molecule has 1 aliphatic rings. The summed E-state index contributed by atoms with van der Waals surface area (Å²) in [5.41, 5.74) is 0. The maximum absolute atomic E-state index is 11.9. The van der Waals surface area contributed by atoms with Gasteiger partial charge in [-0.3, -0.25) is 9.59 Å². The van der Waals surface area contributed by atoms with Crippen molar-refractivity contribution in [3.8, 4) is 0 Å². The van der Waals surface area contributed by atoms with Crippen molar-refractivity contribution in [2.24, 2.45) is 17.8 Å². The van der Waals surface area contributed by atoms with Crippen LogP contribution in [-0.2, 0) is 19.2 Å². The lowest BCUT2D eigenvalue weighted by atomic mass is 9.86. The molecule has 5 nitrogen and oxygen atoms in total. The highest BCUT2D eigenvalue weighted by atomic mass is 16.7. The molecular weight excluding hydrogens is 222 g/mol. The molecule has 1 fully saturated rings. The minimum Gasteiger partial charge on any atom is -0.330 e. The Labute approximate surface area is 101 Å². The maximum atomic E-state index is 11.9. The second-order valence-corrected chi connectivity index (χ2v) is 5.01. The van der Waals surface area contributed by atoms with E-state index in [4.69, 9.17) is 4.84 Å². The van der Waals surface area contributed by atoms with Gasteiger partial charge in [-0.05, 0) is 11.8 Å². The number of hydrogen-bond acceptors (Lipinski definition) is 4. The number of imide groups is 1. The van der Waals surface area contributed by atoms with Gasteiger partial charge in [0.25, 0.3) is 11.8 Å². The third-order valence-corrected chi connectivity index (χ3v) is 2.90. The van der Waals surface area contributed by atoms with Gasteiger partial charge in [0, 0.05) is 12.8 Å². The number of carbonyl (C=O) groups is 3. The second-order valence-electron chi connectivity index (χ2n) is 5.01. The van der Waals surface area contributed by atoms with Crippen molar-refractivity contribution in [2.45, 2.75) is 40.5 Å². The molecule has 0 bridgehead atoms. The first-order valence-electron chi connectivity index (χ1n) is 5.92. The summed E-state index contributed by atoms with van der Waals surface area (Å²) in [5.74, 6) is -1.47. The van der Waals surface area contributed by atoms with Crippen LogP contribution < -0.4 is 0 Å². The molecule has 2 amide bonds. The van der Waals surface area contributed by atoms with Crippen LogP contribution in [0.25, 0.3) is 0 Å². The van der Waals surface area contributed by atoms with Gasteiger partial charge in [0.05, 0.1) is 5.92 Å². The lowest BCUT2D eigenvalue weighted by Gasteiger charge is -2.24. The molecule has 0 radical (unpaired) electrons. The molecule has 0 aromatic heterocycles. The SMILES string of the molecule is CC(C)C(C(=O)ON1C(=O)CCC1=O)C(C)C. The van der Waals surface area contributed by atoms with Gasteiger partial charge in [-0.1, -0.05) is 27.7 Å². The lowest BCUT2D eigenvalue weighted by molar-refractivity contribution is -0.202. The lowest BCUT2D eigenvalue weighted by Crippen LogP contribution is -2.37. The summed E-state index contributed by atoms with van der Waals surface area (Å²) in [6, 6.07) is 0. The van der Waals surface area contributed by atoms with E-state index < -0.39 is 17.8 Å². The zero-order valence-electron chi connectivity index (χ0n) is 10.7. The smallest absolute Gasteiger partial charge is 0.330 e. The van der Waals surface area contributed by atoms with Crippen LogP contribution >= 0.6 is 0 Å². The van der Waals surface area contributed by atoms with Crippen LogP contribution in [0.2, 0.25) is 0 Å². The molecule has 0 unspecified atom stereocenters. The average molecular weight is 241 g/mol. The summed E-state index contributed by atoms with van der Waals surface area (Å²) in [5, 5.41) is 0.611. The number of nitrogens with zero attached hydrogens (tertiary/aromatic N) is 1. The van der Waals surface area contributed by atoms with Crippen molar-refractivity contribution < 1.29 is 19.2 Å². The highest BCUT2D eigenvalue weighted by Crippen LogP contribution is 2.23. The Morgan fingerprint density at radius 1 is 1.06 bits per heavy atom. The van der Waals surface area contributed by atoms with Gasteiger partial charge >= 0.3 is 5.97 Å². The zero-order valence-corrected chi connectivity index (χ0v) is 10.7. The highest BCUT2D eigenvalue weighted by Gasteiger charge is 2.36. The normalized spacial score (nSPS) is 16.5. The number of amides is 2. The van der Waals surface area contributed by atoms with Crippen molar-refractivity contribution in [3.05, 3.63) is 0 Å². The monoisotopic (exact) mass is 241 g/mol. The Bertz CT molecular complexity index is 311. The molecule has 0 aromatic rings. The summed E-state index contributed by atoms with van der Waals surface area (Å²) >= 11 is 0. The van der Waals surface area contributed by atoms with E-state index in [0.717, 1.165) is 0 Å². The molecule has 0 atom stereocenters. The molecule has 0 spiro atoms. The average Bonchev–Trinajstić information content (AvgIpc) is 2.48. The molecule has 1 rings (SSSR count). The van der Waals surface area contributed by atoms with E-state index in [0.29, 0.717) is 5.06 Å². The minimum atomic E-state index is -0.501. The third-order valence-electron chi connectivity index (χ3n) is 2.90. The number of rotatable bonds is 4. The standard InChI is InChI=1S/C12H19NO4/c1-7(2)11(8(3)4)12(16)17-13-9(14)5-6-10(13)15/h7-8,11H,5-6H2,1-4H3. The third kappa shape index (κ3) is 3.05. The highest BCUT2D eigenvalue weighted by molar-refractivity contribution is 6.01. The van der Waals surface area contributed by atoms with Crippen LogP contribution in [0.4, 0.5) is 0 Å². The Balaban J connectivity index is 2.70. The van der Waals surface area contributed by atoms with Gasteiger partial charge < -0.3 is 4.84 Å². The fourth-order valence-corrected chi connectivity index (χ4v) is 2.12. The number of hydrogen-bond donors (Lipinski definition) is 0. The van der Waals surface area contributed by atoms with Crippen molar-refractivity contribution in [1.29, 1.82) is 0 Å². The van der Waals surface area contributed by atoms with Crippen molar-refractivity contribution in [3.63, 3.8) is 0 Å². The van der Waals surface area contributed by atoms with E-state index in [-0.39, 0.29) is 30.6 Å². The first-order chi connectivity index (χ1) is 7.84. The van der Waals surface area contributed by atoms with E-state index in [1.54, 1.807) is 0 Å². The number of carbonyl (C=O) groups excluding carboxylic acids is 3. The first kappa shape index (κ1) is 13.7. The van der Waals surface area contributed by atoms with Gasteiger partial charge in [0.1, 0.15) is 0 Å². The second kappa shape index (κ2) is 5.29. The summed E-state index contributed by atoms with van der Waals surface area (Å²) in [7, 11) is 0. The van der Waals surface area contributed by atoms with Crippen LogP contribution in [0.1, 0.15) is 40.5 Å². The Hall–Kier alpha value is -1.39. The fourth-order valence-electron chi connectivity index (χ4n) is 2.12. The van der Waals surface area contributed by atoms with Crippen LogP contribution in [0, 0.1) is 17.8 Å². The van der Waals surface area contributed by atoms with E-state index in [1.165, 1.54) is 0 Å². The van der Waals surface area contributed by atoms with Crippen LogP contribution in [-0.4, -0.2) is 22.8 Å².